The Hall–Kier alpha value is -2.57. The second-order valence-corrected chi connectivity index (χ2v) is 7.92. The molecule has 1 aromatic heterocycles. The Balaban J connectivity index is 1.33. The first-order chi connectivity index (χ1) is 14.2. The summed E-state index contributed by atoms with van der Waals surface area (Å²) in [5.41, 5.74) is 1.68. The van der Waals surface area contributed by atoms with E-state index in [0.29, 0.717) is 12.2 Å². The molecule has 29 heavy (non-hydrogen) atoms. The molecule has 2 heterocycles. The van der Waals surface area contributed by atoms with Crippen molar-refractivity contribution in [1.82, 2.24) is 9.80 Å². The number of furan rings is 1. The van der Waals surface area contributed by atoms with E-state index < -0.39 is 0 Å². The zero-order valence-corrected chi connectivity index (χ0v) is 17.7. The number of hydrogen-bond donors (Lipinski definition) is 0. The number of hydrogen-bond acceptors (Lipinski definition) is 4. The number of ether oxygens (including phenoxy) is 1. The van der Waals surface area contributed by atoms with Crippen molar-refractivity contribution < 1.29 is 13.9 Å². The Bertz CT molecular complexity index is 950. The van der Waals surface area contributed by atoms with E-state index in [4.69, 9.17) is 9.15 Å². The van der Waals surface area contributed by atoms with E-state index in [0.717, 1.165) is 54.3 Å². The molecule has 1 saturated heterocycles. The van der Waals surface area contributed by atoms with Crippen molar-refractivity contribution in [3.8, 4) is 5.75 Å². The summed E-state index contributed by atoms with van der Waals surface area (Å²) in [5, 5.41) is 0. The first-order valence-corrected chi connectivity index (χ1v) is 10.5. The number of halogens is 1. The van der Waals surface area contributed by atoms with Gasteiger partial charge in [0.05, 0.1) is 17.3 Å². The molecule has 1 aliphatic heterocycles. The van der Waals surface area contributed by atoms with Gasteiger partial charge < -0.3 is 14.1 Å². The summed E-state index contributed by atoms with van der Waals surface area (Å²) >= 11 is 3.49. The average Bonchev–Trinajstić information content (AvgIpc) is 3.26. The average molecular weight is 455 g/mol. The van der Waals surface area contributed by atoms with Crippen LogP contribution in [0.3, 0.4) is 0 Å². The third kappa shape index (κ3) is 5.08. The first-order valence-electron chi connectivity index (χ1n) is 9.69. The van der Waals surface area contributed by atoms with Crippen molar-refractivity contribution in [1.29, 1.82) is 0 Å². The molecule has 0 atom stereocenters. The molecule has 4 rings (SSSR count). The van der Waals surface area contributed by atoms with Gasteiger partial charge in [-0.3, -0.25) is 9.69 Å². The molecule has 2 aromatic carbocycles. The summed E-state index contributed by atoms with van der Waals surface area (Å²) in [4.78, 5) is 17.2. The SMILES string of the molecule is O=C(c1cccc(COc2ccccc2Br)c1)N1CCN(Cc2ccco2)CC1. The molecule has 150 valence electrons. The molecule has 0 unspecified atom stereocenters. The molecule has 0 bridgehead atoms. The van der Waals surface area contributed by atoms with Crippen LogP contribution in [0.2, 0.25) is 0 Å². The largest absolute Gasteiger partial charge is 0.488 e. The molecule has 6 heteroatoms. The summed E-state index contributed by atoms with van der Waals surface area (Å²) in [7, 11) is 0. The van der Waals surface area contributed by atoms with E-state index in [1.165, 1.54) is 0 Å². The van der Waals surface area contributed by atoms with Crippen LogP contribution in [-0.2, 0) is 13.2 Å². The molecule has 0 N–H and O–H groups in total. The molecule has 3 aromatic rings. The normalized spacial score (nSPS) is 14.7. The second kappa shape index (κ2) is 9.29. The smallest absolute Gasteiger partial charge is 0.253 e. The lowest BCUT2D eigenvalue weighted by Crippen LogP contribution is -2.48. The molecular formula is C23H23BrN2O3. The highest BCUT2D eigenvalue weighted by atomic mass is 79.9. The maximum Gasteiger partial charge on any atom is 0.253 e. The van der Waals surface area contributed by atoms with Gasteiger partial charge in [0, 0.05) is 31.7 Å². The lowest BCUT2D eigenvalue weighted by Gasteiger charge is -2.34. The monoisotopic (exact) mass is 454 g/mol. The predicted octanol–water partition coefficient (Wildman–Crippen LogP) is 4.58. The van der Waals surface area contributed by atoms with Gasteiger partial charge in [-0.2, -0.15) is 0 Å². The van der Waals surface area contributed by atoms with E-state index >= 15 is 0 Å². The minimum atomic E-state index is 0.0744. The van der Waals surface area contributed by atoms with Gasteiger partial charge in [-0.15, -0.1) is 0 Å². The highest BCUT2D eigenvalue weighted by Crippen LogP contribution is 2.25. The van der Waals surface area contributed by atoms with Crippen molar-refractivity contribution in [2.24, 2.45) is 0 Å². The van der Waals surface area contributed by atoms with Crippen LogP contribution in [0.25, 0.3) is 0 Å². The molecular weight excluding hydrogens is 432 g/mol. The lowest BCUT2D eigenvalue weighted by molar-refractivity contribution is 0.0620. The van der Waals surface area contributed by atoms with Crippen molar-refractivity contribution in [3.05, 3.63) is 88.3 Å². The minimum Gasteiger partial charge on any atom is -0.488 e. The van der Waals surface area contributed by atoms with Crippen LogP contribution in [0.1, 0.15) is 21.7 Å². The molecule has 1 amide bonds. The van der Waals surface area contributed by atoms with Crippen LogP contribution >= 0.6 is 15.9 Å². The minimum absolute atomic E-state index is 0.0744. The van der Waals surface area contributed by atoms with E-state index in [1.807, 2.05) is 65.6 Å². The van der Waals surface area contributed by atoms with Gasteiger partial charge in [-0.25, -0.2) is 0 Å². The Morgan fingerprint density at radius 1 is 1.00 bits per heavy atom. The van der Waals surface area contributed by atoms with Crippen LogP contribution < -0.4 is 4.74 Å². The van der Waals surface area contributed by atoms with Crippen LogP contribution in [-0.4, -0.2) is 41.9 Å². The highest BCUT2D eigenvalue weighted by molar-refractivity contribution is 9.10. The molecule has 0 aliphatic carbocycles. The number of amides is 1. The maximum atomic E-state index is 12.9. The third-order valence-electron chi connectivity index (χ3n) is 5.02. The van der Waals surface area contributed by atoms with Gasteiger partial charge in [0.25, 0.3) is 5.91 Å². The fourth-order valence-electron chi connectivity index (χ4n) is 3.43. The third-order valence-corrected chi connectivity index (χ3v) is 5.68. The van der Waals surface area contributed by atoms with Gasteiger partial charge >= 0.3 is 0 Å². The number of carbonyl (C=O) groups excluding carboxylic acids is 1. The quantitative estimate of drug-likeness (QED) is 0.546. The zero-order valence-electron chi connectivity index (χ0n) is 16.1. The van der Waals surface area contributed by atoms with Gasteiger partial charge in [-0.05, 0) is 57.9 Å². The number of piperazine rings is 1. The molecule has 1 fully saturated rings. The Kier molecular flexibility index (Phi) is 6.32. The van der Waals surface area contributed by atoms with Crippen molar-refractivity contribution in [2.45, 2.75) is 13.2 Å². The Labute approximate surface area is 179 Å². The number of rotatable bonds is 6. The summed E-state index contributed by atoms with van der Waals surface area (Å²) in [5.74, 6) is 1.82. The van der Waals surface area contributed by atoms with Crippen LogP contribution in [0, 0.1) is 0 Å². The Morgan fingerprint density at radius 3 is 2.59 bits per heavy atom. The molecule has 0 saturated carbocycles. The number of para-hydroxylation sites is 1. The zero-order chi connectivity index (χ0) is 20.1. The van der Waals surface area contributed by atoms with Crippen molar-refractivity contribution in [2.75, 3.05) is 26.2 Å². The number of carbonyl (C=O) groups is 1. The molecule has 0 radical (unpaired) electrons. The highest BCUT2D eigenvalue weighted by Gasteiger charge is 2.22. The number of nitrogens with zero attached hydrogens (tertiary/aromatic N) is 2. The fraction of sp³-hybridized carbons (Fsp3) is 0.261. The van der Waals surface area contributed by atoms with Crippen LogP contribution in [0.5, 0.6) is 5.75 Å². The van der Waals surface area contributed by atoms with Gasteiger partial charge in [0.2, 0.25) is 0 Å². The summed E-state index contributed by atoms with van der Waals surface area (Å²) in [6.45, 7) is 4.33. The summed E-state index contributed by atoms with van der Waals surface area (Å²) < 4.78 is 12.2. The molecule has 1 aliphatic rings. The lowest BCUT2D eigenvalue weighted by atomic mass is 10.1. The van der Waals surface area contributed by atoms with E-state index in [2.05, 4.69) is 20.8 Å². The second-order valence-electron chi connectivity index (χ2n) is 7.07. The van der Waals surface area contributed by atoms with Gasteiger partial charge in [-0.1, -0.05) is 24.3 Å². The summed E-state index contributed by atoms with van der Waals surface area (Å²) in [6.07, 6.45) is 1.70. The fourth-order valence-corrected chi connectivity index (χ4v) is 3.83. The van der Waals surface area contributed by atoms with E-state index in [9.17, 15) is 4.79 Å². The van der Waals surface area contributed by atoms with Crippen LogP contribution in [0.15, 0.2) is 75.8 Å². The topological polar surface area (TPSA) is 45.9 Å². The standard InChI is InChI=1S/C23H23BrN2O3/c24-21-8-1-2-9-22(21)29-17-18-5-3-6-19(15-18)23(27)26-12-10-25(11-13-26)16-20-7-4-14-28-20/h1-9,14-15H,10-13,16-17H2. The van der Waals surface area contributed by atoms with Crippen LogP contribution in [0.4, 0.5) is 0 Å². The van der Waals surface area contributed by atoms with Gasteiger partial charge in [0.15, 0.2) is 0 Å². The molecule has 0 spiro atoms. The van der Waals surface area contributed by atoms with E-state index in [-0.39, 0.29) is 5.91 Å². The van der Waals surface area contributed by atoms with E-state index in [1.54, 1.807) is 6.26 Å². The van der Waals surface area contributed by atoms with Crippen molar-refractivity contribution in [3.63, 3.8) is 0 Å². The first kappa shape index (κ1) is 19.7. The van der Waals surface area contributed by atoms with Gasteiger partial charge in [0.1, 0.15) is 18.1 Å². The maximum absolute atomic E-state index is 12.9. The Morgan fingerprint density at radius 2 is 1.83 bits per heavy atom. The molecule has 5 nitrogen and oxygen atoms in total. The van der Waals surface area contributed by atoms with Crippen molar-refractivity contribution >= 4 is 21.8 Å². The number of benzene rings is 2. The predicted molar refractivity (Wildman–Crippen MR) is 115 cm³/mol. The summed E-state index contributed by atoms with van der Waals surface area (Å²) in [6, 6.07) is 19.3.